The zero-order valence-corrected chi connectivity index (χ0v) is 12.8. The molecule has 0 spiro atoms. The molecule has 2 atom stereocenters. The molecule has 0 saturated carbocycles. The van der Waals surface area contributed by atoms with Gasteiger partial charge in [0.25, 0.3) is 0 Å². The van der Waals surface area contributed by atoms with Gasteiger partial charge in [-0.05, 0) is 30.5 Å². The van der Waals surface area contributed by atoms with Gasteiger partial charge in [0.2, 0.25) is 0 Å². The molecule has 1 aromatic heterocycles. The third-order valence-corrected chi connectivity index (χ3v) is 3.76. The number of nitrogens with one attached hydrogen (secondary N) is 2. The Morgan fingerprint density at radius 3 is 2.50 bits per heavy atom. The standard InChI is InChI=1S/C16H22ClN3/c1-3-5-15(12-6-8-13(17)9-7-12)20-14(4-2)16-18-10-11-19-16/h6-11,14-15,20H,3-5H2,1-2H3,(H,18,19). The summed E-state index contributed by atoms with van der Waals surface area (Å²) in [5, 5.41) is 4.49. The average molecular weight is 292 g/mol. The number of hydrogen-bond donors (Lipinski definition) is 2. The van der Waals surface area contributed by atoms with Crippen molar-refractivity contribution >= 4 is 11.6 Å². The van der Waals surface area contributed by atoms with E-state index in [4.69, 9.17) is 11.6 Å². The number of aromatic amines is 1. The summed E-state index contributed by atoms with van der Waals surface area (Å²) in [5.74, 6) is 1.00. The van der Waals surface area contributed by atoms with Crippen molar-refractivity contribution in [3.8, 4) is 0 Å². The SMILES string of the molecule is CCCC(NC(CC)c1ncc[nH]1)c1ccc(Cl)cc1. The van der Waals surface area contributed by atoms with Crippen molar-refractivity contribution in [1.29, 1.82) is 0 Å². The van der Waals surface area contributed by atoms with Crippen LogP contribution in [0.3, 0.4) is 0 Å². The van der Waals surface area contributed by atoms with Gasteiger partial charge in [-0.2, -0.15) is 0 Å². The highest BCUT2D eigenvalue weighted by atomic mass is 35.5. The van der Waals surface area contributed by atoms with Gasteiger partial charge in [-0.15, -0.1) is 0 Å². The van der Waals surface area contributed by atoms with Gasteiger partial charge in [-0.3, -0.25) is 0 Å². The maximum Gasteiger partial charge on any atom is 0.123 e. The Balaban J connectivity index is 2.14. The van der Waals surface area contributed by atoms with Gasteiger partial charge in [-0.1, -0.05) is 44.0 Å². The first-order valence-corrected chi connectivity index (χ1v) is 7.63. The molecule has 2 rings (SSSR count). The van der Waals surface area contributed by atoms with Gasteiger partial charge in [-0.25, -0.2) is 4.98 Å². The molecule has 20 heavy (non-hydrogen) atoms. The molecular weight excluding hydrogens is 270 g/mol. The van der Waals surface area contributed by atoms with Gasteiger partial charge < -0.3 is 10.3 Å². The molecule has 108 valence electrons. The lowest BCUT2D eigenvalue weighted by Crippen LogP contribution is -2.27. The molecule has 0 radical (unpaired) electrons. The van der Waals surface area contributed by atoms with Gasteiger partial charge in [0.15, 0.2) is 0 Å². The quantitative estimate of drug-likeness (QED) is 0.780. The second kappa shape index (κ2) is 7.46. The van der Waals surface area contributed by atoms with Crippen LogP contribution in [0.2, 0.25) is 5.02 Å². The normalized spacial score (nSPS) is 14.2. The monoisotopic (exact) mass is 291 g/mol. The molecule has 0 bridgehead atoms. The fourth-order valence-electron chi connectivity index (χ4n) is 2.43. The maximum absolute atomic E-state index is 5.97. The van der Waals surface area contributed by atoms with Gasteiger partial charge in [0.05, 0.1) is 6.04 Å². The molecule has 0 aliphatic rings. The third-order valence-electron chi connectivity index (χ3n) is 3.51. The van der Waals surface area contributed by atoms with Crippen LogP contribution in [0.5, 0.6) is 0 Å². The highest BCUT2D eigenvalue weighted by Gasteiger charge is 2.18. The summed E-state index contributed by atoms with van der Waals surface area (Å²) in [4.78, 5) is 7.57. The van der Waals surface area contributed by atoms with E-state index in [9.17, 15) is 0 Å². The van der Waals surface area contributed by atoms with Crippen LogP contribution in [0.1, 0.15) is 56.6 Å². The predicted octanol–water partition coefficient (Wildman–Crippen LogP) is 4.65. The Hall–Kier alpha value is -1.32. The predicted molar refractivity (Wildman–Crippen MR) is 83.9 cm³/mol. The van der Waals surface area contributed by atoms with E-state index in [0.717, 1.165) is 30.1 Å². The molecule has 0 fully saturated rings. The molecule has 2 aromatic rings. The number of hydrogen-bond acceptors (Lipinski definition) is 2. The van der Waals surface area contributed by atoms with Crippen LogP contribution in [-0.4, -0.2) is 9.97 Å². The highest BCUT2D eigenvalue weighted by Crippen LogP contribution is 2.25. The topological polar surface area (TPSA) is 40.7 Å². The van der Waals surface area contributed by atoms with E-state index in [-0.39, 0.29) is 6.04 Å². The number of halogens is 1. The minimum Gasteiger partial charge on any atom is -0.347 e. The summed E-state index contributed by atoms with van der Waals surface area (Å²) < 4.78 is 0. The van der Waals surface area contributed by atoms with Crippen molar-refractivity contribution < 1.29 is 0 Å². The number of H-pyrrole nitrogens is 1. The highest BCUT2D eigenvalue weighted by molar-refractivity contribution is 6.30. The Labute approximate surface area is 125 Å². The van der Waals surface area contributed by atoms with E-state index >= 15 is 0 Å². The van der Waals surface area contributed by atoms with E-state index in [1.165, 1.54) is 5.56 Å². The van der Waals surface area contributed by atoms with Crippen molar-refractivity contribution in [3.05, 3.63) is 53.1 Å². The zero-order chi connectivity index (χ0) is 14.4. The molecule has 2 N–H and O–H groups in total. The Morgan fingerprint density at radius 1 is 1.20 bits per heavy atom. The second-order valence-electron chi connectivity index (χ2n) is 4.99. The van der Waals surface area contributed by atoms with E-state index in [1.54, 1.807) is 6.20 Å². The zero-order valence-electron chi connectivity index (χ0n) is 12.1. The first-order chi connectivity index (χ1) is 9.74. The van der Waals surface area contributed by atoms with Crippen molar-refractivity contribution in [2.45, 2.75) is 45.2 Å². The summed E-state index contributed by atoms with van der Waals surface area (Å²) in [7, 11) is 0. The van der Waals surface area contributed by atoms with Crippen LogP contribution in [0.15, 0.2) is 36.7 Å². The summed E-state index contributed by atoms with van der Waals surface area (Å²) >= 11 is 5.97. The summed E-state index contributed by atoms with van der Waals surface area (Å²) in [6.07, 6.45) is 6.91. The lowest BCUT2D eigenvalue weighted by atomic mass is 10.0. The van der Waals surface area contributed by atoms with E-state index in [2.05, 4.69) is 41.3 Å². The first kappa shape index (κ1) is 15.1. The second-order valence-corrected chi connectivity index (χ2v) is 5.43. The van der Waals surface area contributed by atoms with Crippen LogP contribution in [-0.2, 0) is 0 Å². The molecule has 0 saturated heterocycles. The van der Waals surface area contributed by atoms with Crippen LogP contribution in [0.25, 0.3) is 0 Å². The molecule has 3 nitrogen and oxygen atoms in total. The molecule has 2 unspecified atom stereocenters. The van der Waals surface area contributed by atoms with Crippen LogP contribution < -0.4 is 5.32 Å². The minimum atomic E-state index is 0.247. The van der Waals surface area contributed by atoms with Crippen LogP contribution in [0, 0.1) is 0 Å². The van der Waals surface area contributed by atoms with E-state index < -0.39 is 0 Å². The molecular formula is C16H22ClN3. The molecule has 1 heterocycles. The molecule has 4 heteroatoms. The summed E-state index contributed by atoms with van der Waals surface area (Å²) in [5.41, 5.74) is 1.28. The average Bonchev–Trinajstić information content (AvgIpc) is 2.98. The smallest absolute Gasteiger partial charge is 0.123 e. The summed E-state index contributed by atoms with van der Waals surface area (Å²) in [6.45, 7) is 4.38. The molecule has 0 amide bonds. The third kappa shape index (κ3) is 3.84. The number of nitrogens with zero attached hydrogens (tertiary/aromatic N) is 1. The summed E-state index contributed by atoms with van der Waals surface area (Å²) in [6, 6.07) is 8.68. The number of rotatable bonds is 7. The Morgan fingerprint density at radius 2 is 1.95 bits per heavy atom. The van der Waals surface area contributed by atoms with Crippen molar-refractivity contribution in [3.63, 3.8) is 0 Å². The lowest BCUT2D eigenvalue weighted by molar-refractivity contribution is 0.402. The number of benzene rings is 1. The maximum atomic E-state index is 5.97. The fraction of sp³-hybridized carbons (Fsp3) is 0.438. The van der Waals surface area contributed by atoms with Crippen LogP contribution >= 0.6 is 11.6 Å². The van der Waals surface area contributed by atoms with E-state index in [0.29, 0.717) is 6.04 Å². The van der Waals surface area contributed by atoms with Crippen LogP contribution in [0.4, 0.5) is 0 Å². The fourth-order valence-corrected chi connectivity index (χ4v) is 2.56. The number of imidazole rings is 1. The van der Waals surface area contributed by atoms with Gasteiger partial charge in [0, 0.05) is 23.5 Å². The molecule has 0 aliphatic heterocycles. The van der Waals surface area contributed by atoms with Gasteiger partial charge in [0.1, 0.15) is 5.82 Å². The minimum absolute atomic E-state index is 0.247. The van der Waals surface area contributed by atoms with Crippen molar-refractivity contribution in [2.24, 2.45) is 0 Å². The Kier molecular flexibility index (Phi) is 5.62. The van der Waals surface area contributed by atoms with Gasteiger partial charge >= 0.3 is 0 Å². The largest absolute Gasteiger partial charge is 0.347 e. The van der Waals surface area contributed by atoms with E-state index in [1.807, 2.05) is 18.3 Å². The van der Waals surface area contributed by atoms with Crippen molar-refractivity contribution in [1.82, 2.24) is 15.3 Å². The molecule has 1 aromatic carbocycles. The number of aromatic nitrogens is 2. The Bertz CT molecular complexity index is 493. The molecule has 0 aliphatic carbocycles. The lowest BCUT2D eigenvalue weighted by Gasteiger charge is -2.24. The van der Waals surface area contributed by atoms with Crippen molar-refractivity contribution in [2.75, 3.05) is 0 Å². The first-order valence-electron chi connectivity index (χ1n) is 7.25.